The summed E-state index contributed by atoms with van der Waals surface area (Å²) < 4.78 is 1.91. The van der Waals surface area contributed by atoms with E-state index in [1.807, 2.05) is 41.2 Å². The van der Waals surface area contributed by atoms with E-state index in [-0.39, 0.29) is 0 Å². The van der Waals surface area contributed by atoms with E-state index >= 15 is 0 Å². The summed E-state index contributed by atoms with van der Waals surface area (Å²) in [7, 11) is 0. The summed E-state index contributed by atoms with van der Waals surface area (Å²) in [4.78, 5) is 6.98. The Balaban J connectivity index is 1.47. The molecule has 28 heavy (non-hydrogen) atoms. The first kappa shape index (κ1) is 17.0. The van der Waals surface area contributed by atoms with Crippen LogP contribution in [0.3, 0.4) is 0 Å². The second kappa shape index (κ2) is 7.13. The number of anilines is 1. The Hall–Kier alpha value is -3.11. The molecule has 2 aromatic heterocycles. The summed E-state index contributed by atoms with van der Waals surface area (Å²) in [6.45, 7) is 1.78. The molecule has 4 nitrogen and oxygen atoms in total. The van der Waals surface area contributed by atoms with Gasteiger partial charge in [-0.3, -0.25) is 0 Å². The molecule has 0 fully saturated rings. The van der Waals surface area contributed by atoms with Gasteiger partial charge in [0.25, 0.3) is 0 Å². The van der Waals surface area contributed by atoms with E-state index in [4.69, 9.17) is 16.7 Å². The quantitative estimate of drug-likeness (QED) is 0.476. The van der Waals surface area contributed by atoms with E-state index in [1.54, 1.807) is 0 Å². The van der Waals surface area contributed by atoms with Gasteiger partial charge < -0.3 is 4.90 Å². The monoisotopic (exact) mass is 386 g/mol. The van der Waals surface area contributed by atoms with Crippen LogP contribution in [-0.2, 0) is 0 Å². The van der Waals surface area contributed by atoms with Crippen LogP contribution in [0.4, 0.5) is 5.82 Å². The Morgan fingerprint density at radius 2 is 1.75 bits per heavy atom. The predicted molar refractivity (Wildman–Crippen MR) is 115 cm³/mol. The highest BCUT2D eigenvalue weighted by atomic mass is 35.5. The zero-order valence-corrected chi connectivity index (χ0v) is 16.0. The highest BCUT2D eigenvalue weighted by molar-refractivity contribution is 6.30. The maximum absolute atomic E-state index is 6.01. The molecule has 0 aliphatic carbocycles. The van der Waals surface area contributed by atoms with E-state index in [2.05, 4.69) is 52.4 Å². The Bertz CT molecular complexity index is 1150. The molecule has 0 spiro atoms. The third-order valence-corrected chi connectivity index (χ3v) is 5.41. The lowest BCUT2D eigenvalue weighted by atomic mass is 9.99. The van der Waals surface area contributed by atoms with Gasteiger partial charge in [0.2, 0.25) is 0 Å². The standard InChI is InChI=1S/C23H19ClN4/c24-20-8-6-19(7-9-20)21-16-22-23(25-12-15-28(22)26-21)27-13-10-18(11-14-27)17-4-2-1-3-5-17/h1-10,12,15-16H,11,13-14H2. The minimum atomic E-state index is 0.726. The van der Waals surface area contributed by atoms with E-state index in [1.165, 1.54) is 11.1 Å². The van der Waals surface area contributed by atoms with Gasteiger partial charge in [-0.1, -0.05) is 60.1 Å². The summed E-state index contributed by atoms with van der Waals surface area (Å²) in [6, 6.07) is 20.5. The number of rotatable bonds is 3. The molecular formula is C23H19ClN4. The van der Waals surface area contributed by atoms with Gasteiger partial charge >= 0.3 is 0 Å². The molecule has 0 N–H and O–H groups in total. The molecule has 5 rings (SSSR count). The maximum Gasteiger partial charge on any atom is 0.154 e. The zero-order chi connectivity index (χ0) is 18.9. The van der Waals surface area contributed by atoms with Gasteiger partial charge in [-0.05, 0) is 35.8 Å². The van der Waals surface area contributed by atoms with Crippen LogP contribution >= 0.6 is 11.6 Å². The van der Waals surface area contributed by atoms with Crippen molar-refractivity contribution in [3.8, 4) is 11.3 Å². The Morgan fingerprint density at radius 3 is 2.50 bits per heavy atom. The highest BCUT2D eigenvalue weighted by Crippen LogP contribution is 2.29. The summed E-state index contributed by atoms with van der Waals surface area (Å²) in [6.07, 6.45) is 7.02. The fourth-order valence-corrected chi connectivity index (χ4v) is 3.82. The van der Waals surface area contributed by atoms with E-state index in [0.717, 1.165) is 47.1 Å². The van der Waals surface area contributed by atoms with Crippen molar-refractivity contribution in [3.63, 3.8) is 0 Å². The van der Waals surface area contributed by atoms with Gasteiger partial charge in [-0.2, -0.15) is 5.10 Å². The molecule has 4 aromatic rings. The smallest absolute Gasteiger partial charge is 0.154 e. The number of fused-ring (bicyclic) bond motifs is 1. The minimum absolute atomic E-state index is 0.726. The van der Waals surface area contributed by atoms with Crippen LogP contribution in [0.25, 0.3) is 22.3 Å². The molecule has 0 saturated heterocycles. The van der Waals surface area contributed by atoms with E-state index in [9.17, 15) is 0 Å². The maximum atomic E-state index is 6.01. The van der Waals surface area contributed by atoms with Crippen molar-refractivity contribution in [1.29, 1.82) is 0 Å². The van der Waals surface area contributed by atoms with E-state index < -0.39 is 0 Å². The van der Waals surface area contributed by atoms with Gasteiger partial charge in [0, 0.05) is 36.1 Å². The van der Waals surface area contributed by atoms with Gasteiger partial charge in [0.15, 0.2) is 5.82 Å². The Kier molecular flexibility index (Phi) is 4.34. The largest absolute Gasteiger partial charge is 0.351 e. The third-order valence-electron chi connectivity index (χ3n) is 5.16. The first-order chi connectivity index (χ1) is 13.8. The lowest BCUT2D eigenvalue weighted by Gasteiger charge is -2.28. The third kappa shape index (κ3) is 3.16. The Labute approximate surface area is 168 Å². The second-order valence-electron chi connectivity index (χ2n) is 6.91. The SMILES string of the molecule is Clc1ccc(-c2cc3c(N4CC=C(c5ccccc5)CC4)nccn3n2)cc1. The van der Waals surface area contributed by atoms with Crippen LogP contribution in [0.2, 0.25) is 5.02 Å². The van der Waals surface area contributed by atoms with Crippen LogP contribution in [0, 0.1) is 0 Å². The molecule has 1 aliphatic rings. The normalized spacial score (nSPS) is 14.3. The zero-order valence-electron chi connectivity index (χ0n) is 15.3. The van der Waals surface area contributed by atoms with Crippen LogP contribution in [0.15, 0.2) is 79.1 Å². The molecule has 5 heteroatoms. The molecule has 0 unspecified atom stereocenters. The fourth-order valence-electron chi connectivity index (χ4n) is 3.69. The summed E-state index contributed by atoms with van der Waals surface area (Å²) in [5.41, 5.74) is 5.69. The van der Waals surface area contributed by atoms with Crippen LogP contribution in [-0.4, -0.2) is 27.7 Å². The van der Waals surface area contributed by atoms with Crippen LogP contribution in [0.1, 0.15) is 12.0 Å². The van der Waals surface area contributed by atoms with Crippen molar-refractivity contribution in [3.05, 3.63) is 89.7 Å². The number of aromatic nitrogens is 3. The second-order valence-corrected chi connectivity index (χ2v) is 7.34. The summed E-state index contributed by atoms with van der Waals surface area (Å²) in [5.74, 6) is 0.971. The molecule has 0 bridgehead atoms. The van der Waals surface area contributed by atoms with Crippen LogP contribution < -0.4 is 4.90 Å². The summed E-state index contributed by atoms with van der Waals surface area (Å²) >= 11 is 6.01. The number of halogens is 1. The van der Waals surface area contributed by atoms with Crippen molar-refractivity contribution in [2.75, 3.05) is 18.0 Å². The lowest BCUT2D eigenvalue weighted by Crippen LogP contribution is -2.29. The average Bonchev–Trinajstić information content (AvgIpc) is 3.19. The Morgan fingerprint density at radius 1 is 0.929 bits per heavy atom. The van der Waals surface area contributed by atoms with Crippen molar-refractivity contribution in [2.24, 2.45) is 0 Å². The molecule has 3 heterocycles. The van der Waals surface area contributed by atoms with Gasteiger partial charge in [-0.15, -0.1) is 0 Å². The highest BCUT2D eigenvalue weighted by Gasteiger charge is 2.18. The average molecular weight is 387 g/mol. The molecular weight excluding hydrogens is 368 g/mol. The molecule has 1 aliphatic heterocycles. The van der Waals surface area contributed by atoms with Gasteiger partial charge in [0.05, 0.1) is 5.69 Å². The van der Waals surface area contributed by atoms with Gasteiger partial charge in [-0.25, -0.2) is 9.50 Å². The number of benzene rings is 2. The predicted octanol–water partition coefficient (Wildman–Crippen LogP) is 5.34. The molecule has 0 radical (unpaired) electrons. The molecule has 138 valence electrons. The number of hydrogen-bond acceptors (Lipinski definition) is 3. The molecule has 2 aromatic carbocycles. The van der Waals surface area contributed by atoms with Crippen molar-refractivity contribution < 1.29 is 0 Å². The minimum Gasteiger partial charge on any atom is -0.351 e. The van der Waals surface area contributed by atoms with E-state index in [0.29, 0.717) is 0 Å². The molecule has 0 atom stereocenters. The number of hydrogen-bond donors (Lipinski definition) is 0. The fraction of sp³-hybridized carbons (Fsp3) is 0.130. The summed E-state index contributed by atoms with van der Waals surface area (Å²) in [5, 5.41) is 5.45. The van der Waals surface area contributed by atoms with Gasteiger partial charge in [0.1, 0.15) is 5.52 Å². The first-order valence-corrected chi connectivity index (χ1v) is 9.75. The molecule has 0 saturated carbocycles. The first-order valence-electron chi connectivity index (χ1n) is 9.38. The lowest BCUT2D eigenvalue weighted by molar-refractivity contribution is 0.811. The number of nitrogens with zero attached hydrogens (tertiary/aromatic N) is 4. The van der Waals surface area contributed by atoms with Crippen molar-refractivity contribution >= 4 is 28.5 Å². The van der Waals surface area contributed by atoms with Crippen molar-refractivity contribution in [2.45, 2.75) is 6.42 Å². The van der Waals surface area contributed by atoms with Crippen molar-refractivity contribution in [1.82, 2.24) is 14.6 Å². The van der Waals surface area contributed by atoms with Crippen LogP contribution in [0.5, 0.6) is 0 Å². The molecule has 0 amide bonds. The topological polar surface area (TPSA) is 33.4 Å².